The minimum Gasteiger partial charge on any atom is -0.351 e. The molecule has 1 atom stereocenters. The van der Waals surface area contributed by atoms with Crippen LogP contribution in [0.3, 0.4) is 0 Å². The predicted octanol–water partition coefficient (Wildman–Crippen LogP) is 3.47. The van der Waals surface area contributed by atoms with Crippen molar-refractivity contribution in [1.82, 2.24) is 10.3 Å². The fraction of sp³-hybridized carbons (Fsp3) is 0.800. The first-order chi connectivity index (χ1) is 8.82. The van der Waals surface area contributed by atoms with Crippen molar-refractivity contribution in [3.05, 3.63) is 10.6 Å². The van der Waals surface area contributed by atoms with Crippen LogP contribution in [0.5, 0.6) is 0 Å². The van der Waals surface area contributed by atoms with E-state index in [0.29, 0.717) is 17.4 Å². The molecule has 1 heterocycles. The van der Waals surface area contributed by atoms with E-state index >= 15 is 0 Å². The molecule has 1 aliphatic rings. The van der Waals surface area contributed by atoms with Gasteiger partial charge in [0.05, 0.1) is 5.69 Å². The second kappa shape index (κ2) is 5.41. The van der Waals surface area contributed by atoms with Gasteiger partial charge in [-0.15, -0.1) is 0 Å². The fourth-order valence-corrected chi connectivity index (χ4v) is 4.10. The Morgan fingerprint density at radius 2 is 2.16 bits per heavy atom. The van der Waals surface area contributed by atoms with Crippen LogP contribution in [0.15, 0.2) is 0 Å². The van der Waals surface area contributed by atoms with E-state index in [4.69, 9.17) is 4.98 Å². The average Bonchev–Trinajstić information content (AvgIpc) is 2.69. The van der Waals surface area contributed by atoms with Gasteiger partial charge < -0.3 is 10.2 Å². The lowest BCUT2D eigenvalue weighted by Crippen LogP contribution is -2.30. The Morgan fingerprint density at radius 1 is 1.47 bits per heavy atom. The van der Waals surface area contributed by atoms with Crippen LogP contribution in [0.2, 0.25) is 0 Å². The van der Waals surface area contributed by atoms with E-state index in [1.54, 1.807) is 0 Å². The highest BCUT2D eigenvalue weighted by atomic mass is 32.1. The molecule has 3 nitrogen and oxygen atoms in total. The van der Waals surface area contributed by atoms with Crippen LogP contribution in [-0.4, -0.2) is 25.6 Å². The second-order valence-electron chi connectivity index (χ2n) is 6.97. The molecular weight excluding hydrogens is 254 g/mol. The lowest BCUT2D eigenvalue weighted by molar-refractivity contribution is 0.265. The Hall–Kier alpha value is -0.610. The zero-order valence-corrected chi connectivity index (χ0v) is 13.9. The minimum atomic E-state index is 0.350. The molecule has 0 saturated carbocycles. The number of rotatable bonds is 4. The molecule has 0 aliphatic heterocycles. The summed E-state index contributed by atoms with van der Waals surface area (Å²) >= 11 is 1.87. The van der Waals surface area contributed by atoms with Gasteiger partial charge in [0.25, 0.3) is 0 Å². The van der Waals surface area contributed by atoms with Crippen molar-refractivity contribution < 1.29 is 0 Å². The number of nitrogens with zero attached hydrogens (tertiary/aromatic N) is 2. The van der Waals surface area contributed by atoms with Gasteiger partial charge in [0, 0.05) is 24.5 Å². The van der Waals surface area contributed by atoms with Crippen molar-refractivity contribution in [2.24, 2.45) is 11.3 Å². The van der Waals surface area contributed by atoms with Gasteiger partial charge in [0.2, 0.25) is 0 Å². The number of aromatic nitrogens is 1. The van der Waals surface area contributed by atoms with Crippen LogP contribution in [0, 0.1) is 11.3 Å². The summed E-state index contributed by atoms with van der Waals surface area (Å²) in [6.07, 6.45) is 2.30. The van der Waals surface area contributed by atoms with Crippen molar-refractivity contribution in [3.8, 4) is 0 Å². The molecule has 1 aliphatic carbocycles. The van der Waals surface area contributed by atoms with Crippen molar-refractivity contribution in [2.45, 2.75) is 46.6 Å². The van der Waals surface area contributed by atoms with Crippen molar-refractivity contribution >= 4 is 16.5 Å². The van der Waals surface area contributed by atoms with Gasteiger partial charge >= 0.3 is 0 Å². The fourth-order valence-electron chi connectivity index (χ4n) is 2.94. The molecule has 0 spiro atoms. The zero-order valence-electron chi connectivity index (χ0n) is 13.1. The van der Waals surface area contributed by atoms with E-state index in [1.165, 1.54) is 22.1 Å². The van der Waals surface area contributed by atoms with Gasteiger partial charge in [-0.2, -0.15) is 0 Å². The molecule has 0 amide bonds. The quantitative estimate of drug-likeness (QED) is 0.916. The summed E-state index contributed by atoms with van der Waals surface area (Å²) in [5, 5.41) is 4.64. The molecule has 19 heavy (non-hydrogen) atoms. The average molecular weight is 281 g/mol. The monoisotopic (exact) mass is 281 g/mol. The summed E-state index contributed by atoms with van der Waals surface area (Å²) in [5.41, 5.74) is 1.66. The third-order valence-electron chi connectivity index (χ3n) is 3.75. The first-order valence-corrected chi connectivity index (χ1v) is 8.02. The largest absolute Gasteiger partial charge is 0.351 e. The first kappa shape index (κ1) is 14.8. The van der Waals surface area contributed by atoms with E-state index in [9.17, 15) is 0 Å². The molecule has 0 saturated heterocycles. The van der Waals surface area contributed by atoms with E-state index in [-0.39, 0.29) is 0 Å². The lowest BCUT2D eigenvalue weighted by atomic mass is 9.76. The SMILES string of the molecule is CNC1CC(C)(C)Cc2nc(N(C)CC(C)C)sc21. The summed E-state index contributed by atoms with van der Waals surface area (Å²) < 4.78 is 0. The van der Waals surface area contributed by atoms with Gasteiger partial charge in [0.15, 0.2) is 5.13 Å². The molecule has 0 fully saturated rings. The first-order valence-electron chi connectivity index (χ1n) is 7.20. The third kappa shape index (κ3) is 3.29. The second-order valence-corrected chi connectivity index (χ2v) is 7.98. The molecule has 1 N–H and O–H groups in total. The van der Waals surface area contributed by atoms with E-state index < -0.39 is 0 Å². The van der Waals surface area contributed by atoms with Crippen molar-refractivity contribution in [3.63, 3.8) is 0 Å². The van der Waals surface area contributed by atoms with Gasteiger partial charge in [-0.1, -0.05) is 39.0 Å². The van der Waals surface area contributed by atoms with Crippen LogP contribution in [0.1, 0.15) is 50.7 Å². The third-order valence-corrected chi connectivity index (χ3v) is 5.08. The van der Waals surface area contributed by atoms with Gasteiger partial charge in [-0.25, -0.2) is 4.98 Å². The van der Waals surface area contributed by atoms with Crippen molar-refractivity contribution in [2.75, 3.05) is 25.5 Å². The summed E-state index contributed by atoms with van der Waals surface area (Å²) in [6, 6.07) is 0.470. The van der Waals surface area contributed by atoms with E-state index in [0.717, 1.165) is 13.0 Å². The smallest absolute Gasteiger partial charge is 0.185 e. The Morgan fingerprint density at radius 3 is 2.74 bits per heavy atom. The Labute approximate surface area is 121 Å². The van der Waals surface area contributed by atoms with Crippen LogP contribution in [0.25, 0.3) is 0 Å². The number of anilines is 1. The topological polar surface area (TPSA) is 28.2 Å². The molecule has 0 aromatic carbocycles. The number of fused-ring (bicyclic) bond motifs is 1. The van der Waals surface area contributed by atoms with Gasteiger partial charge in [0.1, 0.15) is 0 Å². The number of thiazole rings is 1. The van der Waals surface area contributed by atoms with Crippen LogP contribution < -0.4 is 10.2 Å². The predicted molar refractivity (Wildman–Crippen MR) is 84.1 cm³/mol. The maximum absolute atomic E-state index is 4.90. The molecule has 108 valence electrons. The van der Waals surface area contributed by atoms with Crippen LogP contribution in [-0.2, 0) is 6.42 Å². The molecule has 2 rings (SSSR count). The highest BCUT2D eigenvalue weighted by Gasteiger charge is 2.34. The molecule has 0 radical (unpaired) electrons. The van der Waals surface area contributed by atoms with Gasteiger partial charge in [-0.05, 0) is 31.2 Å². The Bertz CT molecular complexity index is 437. The maximum atomic E-state index is 4.90. The molecular formula is C15H27N3S. The normalized spacial score (nSPS) is 21.5. The standard InChI is InChI=1S/C15H27N3S/c1-10(2)9-18(6)14-17-12-8-15(3,4)7-11(16-5)13(12)19-14/h10-11,16H,7-9H2,1-6H3. The number of hydrogen-bond donors (Lipinski definition) is 1. The molecule has 1 unspecified atom stereocenters. The van der Waals surface area contributed by atoms with E-state index in [1.807, 2.05) is 11.3 Å². The van der Waals surface area contributed by atoms with Crippen LogP contribution >= 0.6 is 11.3 Å². The maximum Gasteiger partial charge on any atom is 0.185 e. The lowest BCUT2D eigenvalue weighted by Gasteiger charge is -2.34. The minimum absolute atomic E-state index is 0.350. The molecule has 1 aromatic rings. The van der Waals surface area contributed by atoms with Gasteiger partial charge in [-0.3, -0.25) is 0 Å². The van der Waals surface area contributed by atoms with Crippen LogP contribution in [0.4, 0.5) is 5.13 Å². The summed E-state index contributed by atoms with van der Waals surface area (Å²) in [6.45, 7) is 10.3. The van der Waals surface area contributed by atoms with E-state index in [2.05, 4.69) is 52.0 Å². The summed E-state index contributed by atoms with van der Waals surface area (Å²) in [7, 11) is 4.22. The Kier molecular flexibility index (Phi) is 4.21. The highest BCUT2D eigenvalue weighted by molar-refractivity contribution is 7.15. The van der Waals surface area contributed by atoms with Crippen molar-refractivity contribution in [1.29, 1.82) is 0 Å². The summed E-state index contributed by atoms with van der Waals surface area (Å²) in [5.74, 6) is 0.669. The number of nitrogens with one attached hydrogen (secondary N) is 1. The number of hydrogen-bond acceptors (Lipinski definition) is 4. The summed E-state index contributed by atoms with van der Waals surface area (Å²) in [4.78, 5) is 8.65. The molecule has 4 heteroatoms. The zero-order chi connectivity index (χ0) is 14.2. The Balaban J connectivity index is 2.26. The molecule has 1 aromatic heterocycles. The molecule has 0 bridgehead atoms. The highest BCUT2D eigenvalue weighted by Crippen LogP contribution is 2.44.